The minimum Gasteiger partial charge on any atom is -0.385 e. The molecule has 0 unspecified atom stereocenters. The van der Waals surface area contributed by atoms with Crippen molar-refractivity contribution in [3.05, 3.63) is 0 Å². The van der Waals surface area contributed by atoms with E-state index in [1.165, 1.54) is 0 Å². The van der Waals surface area contributed by atoms with E-state index in [1.807, 2.05) is 0 Å². The highest BCUT2D eigenvalue weighted by molar-refractivity contribution is 7.80. The van der Waals surface area contributed by atoms with Gasteiger partial charge in [-0.05, 0) is 18.6 Å². The Bertz CT molecular complexity index is 98.9. The van der Waals surface area contributed by atoms with Gasteiger partial charge in [0.1, 0.15) is 0 Å². The summed E-state index contributed by atoms with van der Waals surface area (Å²) in [7, 11) is 1.67. The summed E-state index contributed by atoms with van der Waals surface area (Å²) in [6, 6.07) is 0. The molecule has 0 atom stereocenters. The van der Waals surface area contributed by atoms with Crippen molar-refractivity contribution in [2.24, 2.45) is 5.84 Å². The highest BCUT2D eigenvalue weighted by Crippen LogP contribution is 1.75. The molecule has 0 amide bonds. The largest absolute Gasteiger partial charge is 0.385 e. The summed E-state index contributed by atoms with van der Waals surface area (Å²) in [5, 5.41) is 3.35. The molecule has 0 aliphatic rings. The molecule has 0 fully saturated rings. The van der Waals surface area contributed by atoms with E-state index in [9.17, 15) is 0 Å². The molecule has 0 aromatic rings. The summed E-state index contributed by atoms with van der Waals surface area (Å²) in [6.45, 7) is 1.52. The smallest absolute Gasteiger partial charge is 0.180 e. The first-order valence-corrected chi connectivity index (χ1v) is 3.45. The predicted molar refractivity (Wildman–Crippen MR) is 44.4 cm³/mol. The van der Waals surface area contributed by atoms with Crippen LogP contribution in [-0.4, -0.2) is 25.4 Å². The van der Waals surface area contributed by atoms with Crippen molar-refractivity contribution >= 4 is 17.3 Å². The molecule has 60 valence electrons. The van der Waals surface area contributed by atoms with E-state index < -0.39 is 0 Å². The van der Waals surface area contributed by atoms with Gasteiger partial charge >= 0.3 is 0 Å². The van der Waals surface area contributed by atoms with Crippen LogP contribution in [-0.2, 0) is 4.74 Å². The van der Waals surface area contributed by atoms with Gasteiger partial charge in [0.25, 0.3) is 0 Å². The summed E-state index contributed by atoms with van der Waals surface area (Å²) >= 11 is 4.72. The zero-order chi connectivity index (χ0) is 7.82. The lowest BCUT2D eigenvalue weighted by Crippen LogP contribution is -2.40. The molecule has 0 aromatic carbocycles. The summed E-state index contributed by atoms with van der Waals surface area (Å²) in [6.07, 6.45) is 0.929. The van der Waals surface area contributed by atoms with Crippen LogP contribution >= 0.6 is 12.2 Å². The Hall–Kier alpha value is -0.390. The van der Waals surface area contributed by atoms with Crippen LogP contribution in [0.15, 0.2) is 0 Å². The predicted octanol–water partition coefficient (Wildman–Crippen LogP) is -0.639. The second kappa shape index (κ2) is 6.73. The summed E-state index contributed by atoms with van der Waals surface area (Å²) < 4.78 is 4.82. The third-order valence-electron chi connectivity index (χ3n) is 0.942. The number of hydrogen-bond donors (Lipinski definition) is 3. The van der Waals surface area contributed by atoms with Crippen molar-refractivity contribution in [3.63, 3.8) is 0 Å². The van der Waals surface area contributed by atoms with E-state index >= 15 is 0 Å². The van der Waals surface area contributed by atoms with E-state index in [4.69, 9.17) is 22.8 Å². The van der Waals surface area contributed by atoms with Crippen molar-refractivity contribution in [1.29, 1.82) is 0 Å². The first kappa shape index (κ1) is 9.61. The number of methoxy groups -OCH3 is 1. The highest BCUT2D eigenvalue weighted by Gasteiger charge is 1.88. The Labute approximate surface area is 66.1 Å². The van der Waals surface area contributed by atoms with Crippen molar-refractivity contribution in [1.82, 2.24) is 10.7 Å². The Kier molecular flexibility index (Phi) is 6.46. The van der Waals surface area contributed by atoms with E-state index in [1.54, 1.807) is 7.11 Å². The fraction of sp³-hybridized carbons (Fsp3) is 0.800. The average Bonchev–Trinajstić information content (AvgIpc) is 1.98. The molecule has 10 heavy (non-hydrogen) atoms. The maximum Gasteiger partial charge on any atom is 0.180 e. The first-order valence-electron chi connectivity index (χ1n) is 3.04. The first-order chi connectivity index (χ1) is 4.81. The highest BCUT2D eigenvalue weighted by atomic mass is 32.1. The SMILES string of the molecule is COCCCNC(=S)NN. The quantitative estimate of drug-likeness (QED) is 0.223. The Morgan fingerprint density at radius 2 is 2.40 bits per heavy atom. The molecule has 0 aliphatic heterocycles. The summed E-state index contributed by atoms with van der Waals surface area (Å²) in [5.74, 6) is 5.00. The van der Waals surface area contributed by atoms with Crippen molar-refractivity contribution in [2.45, 2.75) is 6.42 Å². The molecule has 5 heteroatoms. The molecule has 0 aliphatic carbocycles. The maximum atomic E-state index is 5.00. The summed E-state index contributed by atoms with van der Waals surface area (Å²) in [5.41, 5.74) is 2.32. The lowest BCUT2D eigenvalue weighted by atomic mass is 10.4. The Balaban J connectivity index is 2.96. The third kappa shape index (κ3) is 5.74. The van der Waals surface area contributed by atoms with Gasteiger partial charge in [0.2, 0.25) is 0 Å². The third-order valence-corrected chi connectivity index (χ3v) is 1.20. The van der Waals surface area contributed by atoms with Gasteiger partial charge in [0, 0.05) is 20.3 Å². The summed E-state index contributed by atoms with van der Waals surface area (Å²) in [4.78, 5) is 0. The lowest BCUT2D eigenvalue weighted by molar-refractivity contribution is 0.195. The van der Waals surface area contributed by atoms with E-state index in [0.717, 1.165) is 19.6 Å². The molecule has 0 heterocycles. The fourth-order valence-electron chi connectivity index (χ4n) is 0.469. The second-order valence-electron chi connectivity index (χ2n) is 1.75. The van der Waals surface area contributed by atoms with E-state index in [0.29, 0.717) is 5.11 Å². The molecular formula is C5H13N3OS. The average molecular weight is 163 g/mol. The molecule has 0 saturated carbocycles. The van der Waals surface area contributed by atoms with Gasteiger partial charge < -0.3 is 15.5 Å². The zero-order valence-corrected chi connectivity index (χ0v) is 6.83. The molecule has 4 nitrogen and oxygen atoms in total. The maximum absolute atomic E-state index is 5.00. The van der Waals surface area contributed by atoms with Crippen LogP contribution < -0.4 is 16.6 Å². The number of rotatable bonds is 4. The lowest BCUT2D eigenvalue weighted by Gasteiger charge is -2.04. The van der Waals surface area contributed by atoms with E-state index in [-0.39, 0.29) is 0 Å². The molecule has 0 rings (SSSR count). The van der Waals surface area contributed by atoms with Gasteiger partial charge in [-0.1, -0.05) is 0 Å². The van der Waals surface area contributed by atoms with Gasteiger partial charge in [-0.15, -0.1) is 0 Å². The fourth-order valence-corrected chi connectivity index (χ4v) is 0.572. The van der Waals surface area contributed by atoms with Crippen molar-refractivity contribution in [3.8, 4) is 0 Å². The van der Waals surface area contributed by atoms with Gasteiger partial charge in [0.15, 0.2) is 5.11 Å². The van der Waals surface area contributed by atoms with Crippen molar-refractivity contribution < 1.29 is 4.74 Å². The van der Waals surface area contributed by atoms with E-state index in [2.05, 4.69) is 10.7 Å². The monoisotopic (exact) mass is 163 g/mol. The standard InChI is InChI=1S/C5H13N3OS/c1-9-4-2-3-7-5(10)8-6/h2-4,6H2,1H3,(H2,7,8,10). The molecule has 0 radical (unpaired) electrons. The molecular weight excluding hydrogens is 150 g/mol. The normalized spacial score (nSPS) is 9.00. The van der Waals surface area contributed by atoms with Crippen LogP contribution in [0.2, 0.25) is 0 Å². The number of nitrogens with one attached hydrogen (secondary N) is 2. The van der Waals surface area contributed by atoms with Crippen LogP contribution in [0.4, 0.5) is 0 Å². The van der Waals surface area contributed by atoms with Gasteiger partial charge in [-0.3, -0.25) is 0 Å². The topological polar surface area (TPSA) is 59.3 Å². The van der Waals surface area contributed by atoms with Crippen LogP contribution in [0.25, 0.3) is 0 Å². The van der Waals surface area contributed by atoms with Crippen LogP contribution in [0.5, 0.6) is 0 Å². The van der Waals surface area contributed by atoms with Crippen molar-refractivity contribution in [2.75, 3.05) is 20.3 Å². The molecule has 0 aromatic heterocycles. The number of hydrazine groups is 1. The van der Waals surface area contributed by atoms with Gasteiger partial charge in [-0.2, -0.15) is 0 Å². The van der Waals surface area contributed by atoms with Gasteiger partial charge in [0.05, 0.1) is 0 Å². The molecule has 0 spiro atoms. The minimum atomic E-state index is 0.469. The van der Waals surface area contributed by atoms with Crippen LogP contribution in [0.1, 0.15) is 6.42 Å². The zero-order valence-electron chi connectivity index (χ0n) is 6.02. The minimum absolute atomic E-state index is 0.469. The molecule has 4 N–H and O–H groups in total. The second-order valence-corrected chi connectivity index (χ2v) is 2.15. The Morgan fingerprint density at radius 1 is 1.70 bits per heavy atom. The Morgan fingerprint density at radius 3 is 2.90 bits per heavy atom. The van der Waals surface area contributed by atoms with Gasteiger partial charge in [-0.25, -0.2) is 5.84 Å². The number of hydrogen-bond acceptors (Lipinski definition) is 3. The van der Waals surface area contributed by atoms with Crippen LogP contribution in [0, 0.1) is 0 Å². The number of nitrogens with two attached hydrogens (primary N) is 1. The molecule has 0 bridgehead atoms. The number of thiocarbonyl (C=S) groups is 1. The molecule has 0 saturated heterocycles. The number of ether oxygens (including phenoxy) is 1. The van der Waals surface area contributed by atoms with Crippen LogP contribution in [0.3, 0.4) is 0 Å².